The third-order valence-electron chi connectivity index (χ3n) is 3.11. The number of hydrogen-bond donors (Lipinski definition) is 1. The minimum Gasteiger partial charge on any atom is -0.264 e. The number of rotatable bonds is 3. The predicted octanol–water partition coefficient (Wildman–Crippen LogP) is 2.77. The maximum absolute atomic E-state index is 12.5. The van der Waals surface area contributed by atoms with E-state index in [9.17, 15) is 21.6 Å². The Labute approximate surface area is 120 Å². The van der Waals surface area contributed by atoms with Crippen molar-refractivity contribution in [3.8, 4) is 0 Å². The van der Waals surface area contributed by atoms with Crippen molar-refractivity contribution < 1.29 is 21.6 Å². The fourth-order valence-corrected chi connectivity index (χ4v) is 3.34. The smallest absolute Gasteiger partial charge is 0.264 e. The molecule has 1 atom stereocenters. The van der Waals surface area contributed by atoms with E-state index < -0.39 is 22.2 Å². The molecule has 1 aromatic carbocycles. The lowest BCUT2D eigenvalue weighted by Crippen LogP contribution is -2.43. The van der Waals surface area contributed by atoms with E-state index in [1.54, 1.807) is 23.8 Å². The lowest BCUT2D eigenvalue weighted by atomic mass is 10.1. The third kappa shape index (κ3) is 3.16. The van der Waals surface area contributed by atoms with Crippen LogP contribution in [-0.4, -0.2) is 25.6 Å². The van der Waals surface area contributed by atoms with Gasteiger partial charge in [0.05, 0.1) is 4.90 Å². The van der Waals surface area contributed by atoms with Crippen LogP contribution in [0.3, 0.4) is 0 Å². The van der Waals surface area contributed by atoms with Crippen LogP contribution in [0.5, 0.6) is 0 Å². The van der Waals surface area contributed by atoms with Gasteiger partial charge in [-0.1, -0.05) is 6.07 Å². The first-order valence-corrected chi connectivity index (χ1v) is 7.53. The molecule has 114 valence electrons. The molecular formula is C13H13F3N2O2S. The summed E-state index contributed by atoms with van der Waals surface area (Å²) >= 11 is 0. The number of aromatic nitrogens is 1. The predicted molar refractivity (Wildman–Crippen MR) is 72.3 cm³/mol. The highest BCUT2D eigenvalue weighted by atomic mass is 32.2. The van der Waals surface area contributed by atoms with Gasteiger partial charge in [0.1, 0.15) is 6.04 Å². The summed E-state index contributed by atoms with van der Waals surface area (Å²) in [7, 11) is -4.30. The van der Waals surface area contributed by atoms with Crippen molar-refractivity contribution in [2.45, 2.75) is 31.0 Å². The third-order valence-corrected chi connectivity index (χ3v) is 4.71. The Hall–Kier alpha value is -1.67. The van der Waals surface area contributed by atoms with E-state index in [4.69, 9.17) is 0 Å². The van der Waals surface area contributed by atoms with Crippen molar-refractivity contribution in [3.63, 3.8) is 0 Å². The van der Waals surface area contributed by atoms with Crippen LogP contribution in [0.25, 0.3) is 10.8 Å². The van der Waals surface area contributed by atoms with E-state index in [1.807, 2.05) is 0 Å². The zero-order valence-corrected chi connectivity index (χ0v) is 12.1. The van der Waals surface area contributed by atoms with Crippen molar-refractivity contribution in [3.05, 3.63) is 36.2 Å². The molecule has 2 aromatic rings. The molecule has 0 radical (unpaired) electrons. The summed E-state index contributed by atoms with van der Waals surface area (Å²) in [6.45, 7) is 2.54. The number of alkyl halides is 3. The second-order valence-corrected chi connectivity index (χ2v) is 6.37. The number of halogens is 3. The average molecular weight is 318 g/mol. The molecule has 0 saturated heterocycles. The quantitative estimate of drug-likeness (QED) is 0.946. The number of pyridine rings is 1. The van der Waals surface area contributed by atoms with Gasteiger partial charge in [-0.05, 0) is 36.9 Å². The van der Waals surface area contributed by atoms with E-state index in [-0.39, 0.29) is 4.90 Å². The fourth-order valence-electron chi connectivity index (χ4n) is 1.91. The summed E-state index contributed by atoms with van der Waals surface area (Å²) < 4.78 is 63.6. The summed E-state index contributed by atoms with van der Waals surface area (Å²) in [5, 5.41) is 0.923. The van der Waals surface area contributed by atoms with Gasteiger partial charge in [0.15, 0.2) is 0 Å². The number of fused-ring (bicyclic) bond motifs is 1. The van der Waals surface area contributed by atoms with Crippen molar-refractivity contribution >= 4 is 20.8 Å². The standard InChI is InChI=1S/C13H13F3N2O2S/c1-8-3-4-12(11-7-17-6-5-10(8)11)21(19,20)18-9(2)13(14,15)16/h3-7,9,18H,1-2H3. The van der Waals surface area contributed by atoms with Gasteiger partial charge in [0.25, 0.3) is 0 Å². The number of hydrogen-bond acceptors (Lipinski definition) is 3. The molecule has 0 amide bonds. The van der Waals surface area contributed by atoms with Crippen LogP contribution >= 0.6 is 0 Å². The average Bonchev–Trinajstić information content (AvgIpc) is 2.37. The summed E-state index contributed by atoms with van der Waals surface area (Å²) in [6.07, 6.45) is -1.82. The van der Waals surface area contributed by atoms with E-state index in [0.29, 0.717) is 10.8 Å². The molecule has 1 aromatic heterocycles. The largest absolute Gasteiger partial charge is 0.404 e. The van der Waals surface area contributed by atoms with Gasteiger partial charge in [0, 0.05) is 17.8 Å². The first-order chi connectivity index (χ1) is 9.63. The monoisotopic (exact) mass is 318 g/mol. The first-order valence-electron chi connectivity index (χ1n) is 6.05. The van der Waals surface area contributed by atoms with Gasteiger partial charge in [-0.15, -0.1) is 0 Å². The normalized spacial score (nSPS) is 14.3. The molecule has 0 aliphatic heterocycles. The molecule has 0 spiro atoms. The maximum atomic E-state index is 12.5. The molecule has 1 N–H and O–H groups in total. The maximum Gasteiger partial charge on any atom is 0.404 e. The van der Waals surface area contributed by atoms with Gasteiger partial charge < -0.3 is 0 Å². The van der Waals surface area contributed by atoms with Crippen molar-refractivity contribution in [2.24, 2.45) is 0 Å². The molecule has 4 nitrogen and oxygen atoms in total. The minimum absolute atomic E-state index is 0.215. The number of benzene rings is 1. The number of sulfonamides is 1. The highest BCUT2D eigenvalue weighted by Gasteiger charge is 2.39. The van der Waals surface area contributed by atoms with Crippen LogP contribution < -0.4 is 4.72 Å². The van der Waals surface area contributed by atoms with Crippen molar-refractivity contribution in [2.75, 3.05) is 0 Å². The molecule has 1 unspecified atom stereocenters. The molecule has 0 bridgehead atoms. The van der Waals surface area contributed by atoms with Gasteiger partial charge in [0.2, 0.25) is 10.0 Å². The Kier molecular flexibility index (Phi) is 3.94. The molecule has 0 aliphatic carbocycles. The first kappa shape index (κ1) is 15.7. The molecule has 2 rings (SSSR count). The minimum atomic E-state index is -4.65. The Bertz CT molecular complexity index is 773. The lowest BCUT2D eigenvalue weighted by Gasteiger charge is -2.18. The van der Waals surface area contributed by atoms with Crippen molar-refractivity contribution in [1.29, 1.82) is 0 Å². The molecule has 1 heterocycles. The molecule has 21 heavy (non-hydrogen) atoms. The SMILES string of the molecule is Cc1ccc(S(=O)(=O)NC(C)C(F)(F)F)c2cnccc12. The summed E-state index contributed by atoms with van der Waals surface area (Å²) in [5.41, 5.74) is 0.815. The molecule has 0 fully saturated rings. The van der Waals surface area contributed by atoms with E-state index in [0.717, 1.165) is 12.5 Å². The molecule has 0 saturated carbocycles. The Morgan fingerprint density at radius 3 is 2.48 bits per heavy atom. The van der Waals surface area contributed by atoms with Crippen LogP contribution in [0.2, 0.25) is 0 Å². The number of nitrogens with one attached hydrogen (secondary N) is 1. The molecule has 8 heteroatoms. The Morgan fingerprint density at radius 2 is 1.86 bits per heavy atom. The lowest BCUT2D eigenvalue weighted by molar-refractivity contribution is -0.147. The zero-order chi connectivity index (χ0) is 15.8. The second-order valence-electron chi connectivity index (χ2n) is 4.69. The number of aryl methyl sites for hydroxylation is 1. The van der Waals surface area contributed by atoms with Gasteiger partial charge in [-0.2, -0.15) is 17.9 Å². The van der Waals surface area contributed by atoms with Gasteiger partial charge in [-0.3, -0.25) is 4.98 Å². The topological polar surface area (TPSA) is 59.1 Å². The second kappa shape index (κ2) is 5.27. The number of nitrogens with zero attached hydrogens (tertiary/aromatic N) is 1. The van der Waals surface area contributed by atoms with Crippen LogP contribution in [0.15, 0.2) is 35.5 Å². The van der Waals surface area contributed by atoms with Gasteiger partial charge >= 0.3 is 6.18 Å². The highest BCUT2D eigenvalue weighted by Crippen LogP contribution is 2.27. The molecular weight excluding hydrogens is 305 g/mol. The fraction of sp³-hybridized carbons (Fsp3) is 0.308. The van der Waals surface area contributed by atoms with E-state index in [1.165, 1.54) is 18.5 Å². The van der Waals surface area contributed by atoms with E-state index in [2.05, 4.69) is 4.98 Å². The van der Waals surface area contributed by atoms with Crippen LogP contribution in [0.1, 0.15) is 12.5 Å². The van der Waals surface area contributed by atoms with Crippen LogP contribution in [0, 0.1) is 6.92 Å². The Morgan fingerprint density at radius 1 is 1.19 bits per heavy atom. The molecule has 0 aliphatic rings. The van der Waals surface area contributed by atoms with Crippen LogP contribution in [-0.2, 0) is 10.0 Å². The summed E-state index contributed by atoms with van der Waals surface area (Å²) in [4.78, 5) is 3.63. The van der Waals surface area contributed by atoms with E-state index >= 15 is 0 Å². The Balaban J connectivity index is 2.54. The van der Waals surface area contributed by atoms with Gasteiger partial charge in [-0.25, -0.2) is 8.42 Å². The van der Waals surface area contributed by atoms with Crippen molar-refractivity contribution in [1.82, 2.24) is 9.71 Å². The summed E-state index contributed by atoms with van der Waals surface area (Å²) in [5.74, 6) is 0. The zero-order valence-electron chi connectivity index (χ0n) is 11.3. The van der Waals surface area contributed by atoms with Crippen LogP contribution in [0.4, 0.5) is 13.2 Å². The summed E-state index contributed by atoms with van der Waals surface area (Å²) in [6, 6.07) is 2.28. The highest BCUT2D eigenvalue weighted by molar-refractivity contribution is 7.89.